The highest BCUT2D eigenvalue weighted by atomic mass is 28.3. The van der Waals surface area contributed by atoms with Gasteiger partial charge in [0, 0.05) is 34.1 Å². The molecule has 0 radical (unpaired) electrons. The summed E-state index contributed by atoms with van der Waals surface area (Å²) in [6.07, 6.45) is 0. The Morgan fingerprint density at radius 3 is 0.758 bits per heavy atom. The molecule has 2 heterocycles. The monoisotopic (exact) mass is 844 g/mol. The summed E-state index contributed by atoms with van der Waals surface area (Å²) >= 11 is 0. The van der Waals surface area contributed by atoms with Crippen LogP contribution in [0, 0.1) is 23.3 Å². The number of nitrogens with zero attached hydrogens (tertiary/aromatic N) is 2. The van der Waals surface area contributed by atoms with E-state index in [4.69, 9.17) is 0 Å². The molecule has 0 amide bonds. The SMILES string of the molecule is Fc1ccc([Si]2(c3ccc(F)cc3)c3ccccc3N(c3cccc(N4c5ccccc5[Si](c5ccc(F)cc5)(c5ccc(F)cc5)c5ccccc54)c3)c3ccccc32)cc1. The minimum atomic E-state index is -3.15. The summed E-state index contributed by atoms with van der Waals surface area (Å²) in [5.74, 6) is -1.26. The minimum absolute atomic E-state index is 0.316. The van der Waals surface area contributed by atoms with Crippen LogP contribution in [0.3, 0.4) is 0 Å². The van der Waals surface area contributed by atoms with E-state index in [0.29, 0.717) is 0 Å². The van der Waals surface area contributed by atoms with E-state index in [9.17, 15) is 17.6 Å². The van der Waals surface area contributed by atoms with Gasteiger partial charge in [-0.1, -0.05) is 127 Å². The molecule has 0 unspecified atom stereocenters. The number of fused-ring (bicyclic) bond motifs is 4. The molecule has 298 valence electrons. The third-order valence-corrected chi connectivity index (χ3v) is 22.4. The quantitative estimate of drug-likeness (QED) is 0.122. The summed E-state index contributed by atoms with van der Waals surface area (Å²) in [5, 5.41) is 8.39. The molecule has 0 bridgehead atoms. The highest BCUT2D eigenvalue weighted by Crippen LogP contribution is 2.43. The zero-order valence-electron chi connectivity index (χ0n) is 33.2. The van der Waals surface area contributed by atoms with Gasteiger partial charge in [-0.05, 0) is 132 Å². The minimum Gasteiger partial charge on any atom is -0.311 e. The number of hydrogen-bond acceptors (Lipinski definition) is 2. The molecule has 0 spiro atoms. The number of rotatable bonds is 6. The molecule has 0 N–H and O–H groups in total. The lowest BCUT2D eigenvalue weighted by Gasteiger charge is -2.46. The van der Waals surface area contributed by atoms with E-state index in [1.807, 2.05) is 72.8 Å². The van der Waals surface area contributed by atoms with Crippen molar-refractivity contribution in [3.63, 3.8) is 0 Å². The third kappa shape index (κ3) is 5.60. The summed E-state index contributed by atoms with van der Waals surface area (Å²) in [6, 6.07) is 69.5. The lowest BCUT2D eigenvalue weighted by Crippen LogP contribution is -2.77. The number of para-hydroxylation sites is 4. The van der Waals surface area contributed by atoms with Crippen molar-refractivity contribution in [2.45, 2.75) is 0 Å². The lowest BCUT2D eigenvalue weighted by molar-refractivity contribution is 0.627. The molecule has 9 aromatic carbocycles. The summed E-state index contributed by atoms with van der Waals surface area (Å²) < 4.78 is 58.6. The number of benzene rings is 9. The van der Waals surface area contributed by atoms with Crippen LogP contribution in [0.1, 0.15) is 0 Å². The van der Waals surface area contributed by atoms with Crippen molar-refractivity contribution >= 4 is 91.8 Å². The molecule has 0 saturated carbocycles. The highest BCUT2D eigenvalue weighted by molar-refractivity contribution is 7.22. The van der Waals surface area contributed by atoms with Gasteiger partial charge in [0.15, 0.2) is 16.1 Å². The van der Waals surface area contributed by atoms with Crippen molar-refractivity contribution in [3.05, 3.63) is 242 Å². The fourth-order valence-electron chi connectivity index (χ4n) is 10.2. The van der Waals surface area contributed by atoms with E-state index in [1.165, 1.54) is 48.5 Å². The van der Waals surface area contributed by atoms with Gasteiger partial charge in [-0.15, -0.1) is 0 Å². The first-order chi connectivity index (χ1) is 30.4. The lowest BCUT2D eigenvalue weighted by atomic mass is 10.1. The molecule has 2 aliphatic rings. The Labute approximate surface area is 359 Å². The van der Waals surface area contributed by atoms with E-state index < -0.39 is 16.1 Å². The predicted octanol–water partition coefficient (Wildman–Crippen LogP) is 8.56. The van der Waals surface area contributed by atoms with Crippen LogP contribution in [0.2, 0.25) is 0 Å². The van der Waals surface area contributed by atoms with Gasteiger partial charge in [-0.25, -0.2) is 17.6 Å². The first-order valence-electron chi connectivity index (χ1n) is 20.5. The van der Waals surface area contributed by atoms with Gasteiger partial charge in [0.25, 0.3) is 0 Å². The Morgan fingerprint density at radius 1 is 0.258 bits per heavy atom. The van der Waals surface area contributed by atoms with Crippen molar-refractivity contribution in [3.8, 4) is 0 Å². The average molecular weight is 845 g/mol. The Morgan fingerprint density at radius 2 is 0.500 bits per heavy atom. The maximum absolute atomic E-state index is 14.7. The molecule has 0 saturated heterocycles. The largest absolute Gasteiger partial charge is 0.311 e. The van der Waals surface area contributed by atoms with Crippen LogP contribution in [-0.4, -0.2) is 16.1 Å². The van der Waals surface area contributed by atoms with Crippen molar-refractivity contribution in [1.29, 1.82) is 0 Å². The van der Waals surface area contributed by atoms with E-state index in [-0.39, 0.29) is 23.3 Å². The predicted molar refractivity (Wildman–Crippen MR) is 250 cm³/mol. The van der Waals surface area contributed by atoms with Crippen LogP contribution in [0.5, 0.6) is 0 Å². The van der Waals surface area contributed by atoms with Gasteiger partial charge in [-0.2, -0.15) is 0 Å². The van der Waals surface area contributed by atoms with E-state index >= 15 is 0 Å². The van der Waals surface area contributed by atoms with Gasteiger partial charge in [-0.3, -0.25) is 0 Å². The Kier molecular flexibility index (Phi) is 8.96. The fraction of sp³-hybridized carbons (Fsp3) is 0. The second kappa shape index (κ2) is 14.7. The first kappa shape index (κ1) is 37.7. The van der Waals surface area contributed by atoms with Crippen LogP contribution in [0.4, 0.5) is 51.7 Å². The molecule has 0 aromatic heterocycles. The second-order valence-electron chi connectivity index (χ2n) is 15.8. The molecule has 0 aliphatic carbocycles. The molecule has 2 aliphatic heterocycles. The van der Waals surface area contributed by atoms with E-state index in [1.54, 1.807) is 0 Å². The van der Waals surface area contributed by atoms with Gasteiger partial charge < -0.3 is 9.80 Å². The van der Waals surface area contributed by atoms with Crippen molar-refractivity contribution in [2.75, 3.05) is 9.80 Å². The summed E-state index contributed by atoms with van der Waals surface area (Å²) in [5.41, 5.74) is 5.82. The fourth-order valence-corrected chi connectivity index (χ4v) is 20.3. The number of halogens is 4. The molecule has 8 heteroatoms. The molecular formula is C54H36F4N2Si2. The van der Waals surface area contributed by atoms with Crippen molar-refractivity contribution < 1.29 is 17.6 Å². The Hall–Kier alpha value is -7.27. The zero-order valence-corrected chi connectivity index (χ0v) is 35.2. The average Bonchev–Trinajstić information content (AvgIpc) is 3.31. The molecule has 62 heavy (non-hydrogen) atoms. The molecule has 11 rings (SSSR count). The number of hydrogen-bond donors (Lipinski definition) is 0. The van der Waals surface area contributed by atoms with E-state index in [0.717, 1.165) is 75.6 Å². The van der Waals surface area contributed by atoms with Crippen LogP contribution in [0.25, 0.3) is 0 Å². The van der Waals surface area contributed by atoms with Crippen LogP contribution in [-0.2, 0) is 0 Å². The van der Waals surface area contributed by atoms with E-state index in [2.05, 4.69) is 107 Å². The van der Waals surface area contributed by atoms with Crippen LogP contribution >= 0.6 is 0 Å². The smallest absolute Gasteiger partial charge is 0.184 e. The normalized spacial score (nSPS) is 14.3. The molecule has 2 nitrogen and oxygen atoms in total. The third-order valence-electron chi connectivity index (χ3n) is 12.7. The molecule has 0 fully saturated rings. The van der Waals surface area contributed by atoms with Crippen LogP contribution in [0.15, 0.2) is 218 Å². The van der Waals surface area contributed by atoms with Gasteiger partial charge >= 0.3 is 0 Å². The Balaban J connectivity index is 1.14. The highest BCUT2D eigenvalue weighted by Gasteiger charge is 2.50. The maximum atomic E-state index is 14.7. The van der Waals surface area contributed by atoms with Gasteiger partial charge in [0.2, 0.25) is 0 Å². The number of anilines is 6. The zero-order chi connectivity index (χ0) is 42.0. The first-order valence-corrected chi connectivity index (χ1v) is 24.5. The summed E-state index contributed by atoms with van der Waals surface area (Å²) in [7, 11) is -6.31. The maximum Gasteiger partial charge on any atom is 0.184 e. The van der Waals surface area contributed by atoms with Crippen molar-refractivity contribution in [2.24, 2.45) is 0 Å². The molecular weight excluding hydrogens is 809 g/mol. The van der Waals surface area contributed by atoms with Crippen molar-refractivity contribution in [1.82, 2.24) is 0 Å². The summed E-state index contributed by atoms with van der Waals surface area (Å²) in [6.45, 7) is 0. The molecule has 9 aromatic rings. The van der Waals surface area contributed by atoms with Gasteiger partial charge in [0.1, 0.15) is 23.3 Å². The standard InChI is InChI=1S/C54H36F4N2Si2/c55-37-20-28-43(29-21-37)61(44-30-22-38(56)23-31-44)51-16-5-1-12-47(51)59(48-13-2-6-17-52(48)61)41-10-9-11-42(36-41)60-49-14-3-7-18-53(49)62(45-32-24-39(57)25-33-45,46-34-26-40(58)27-35-46)54-19-8-4-15-50(54)60/h1-36H. The van der Waals surface area contributed by atoms with Crippen LogP contribution < -0.4 is 51.3 Å². The topological polar surface area (TPSA) is 6.48 Å². The second-order valence-corrected chi connectivity index (χ2v) is 23.3. The summed E-state index contributed by atoms with van der Waals surface area (Å²) in [4.78, 5) is 4.62. The Bertz CT molecular complexity index is 2740. The molecule has 0 atom stereocenters. The van der Waals surface area contributed by atoms with Gasteiger partial charge in [0.05, 0.1) is 0 Å².